The first-order chi connectivity index (χ1) is 24.0. The van der Waals surface area contributed by atoms with Gasteiger partial charge in [-0.05, 0) is 49.7 Å². The summed E-state index contributed by atoms with van der Waals surface area (Å²) in [6.45, 7) is 5.95. The maximum atomic E-state index is 13.9. The van der Waals surface area contributed by atoms with E-state index >= 15 is 0 Å². The number of H-pyrrole nitrogens is 1. The monoisotopic (exact) mass is 725 g/mol. The fourth-order valence-corrected chi connectivity index (χ4v) is 5.78. The topological polar surface area (TPSA) is 216 Å². The quantitative estimate of drug-likeness (QED) is 0.152. The van der Waals surface area contributed by atoms with Gasteiger partial charge in [0.15, 0.2) is 6.04 Å². The summed E-state index contributed by atoms with van der Waals surface area (Å²) in [4.78, 5) is 77.8. The zero-order chi connectivity index (χ0) is 38.3. The number of aromatic nitrogens is 1. The molecule has 16 heteroatoms. The third kappa shape index (κ3) is 13.3. The van der Waals surface area contributed by atoms with Crippen LogP contribution in [0.3, 0.4) is 0 Å². The van der Waals surface area contributed by atoms with Gasteiger partial charge in [0.25, 0.3) is 5.91 Å². The van der Waals surface area contributed by atoms with Crippen molar-refractivity contribution >= 4 is 46.3 Å². The number of hydrogen-bond acceptors (Lipinski definition) is 7. The molecule has 1 fully saturated rings. The van der Waals surface area contributed by atoms with E-state index in [1.54, 1.807) is 0 Å². The molecule has 1 aliphatic heterocycles. The third-order valence-corrected chi connectivity index (χ3v) is 9.08. The summed E-state index contributed by atoms with van der Waals surface area (Å²) in [5.41, 5.74) is 5.78. The summed E-state index contributed by atoms with van der Waals surface area (Å²) in [5.74, 6) is -5.35. The maximum absolute atomic E-state index is 13.9. The number of carboxylic acids is 2. The van der Waals surface area contributed by atoms with E-state index in [0.717, 1.165) is 42.1 Å². The number of fused-ring (bicyclic) bond motifs is 1. The van der Waals surface area contributed by atoms with Gasteiger partial charge in [0.1, 0.15) is 29.9 Å². The summed E-state index contributed by atoms with van der Waals surface area (Å²) < 4.78 is 31.5. The van der Waals surface area contributed by atoms with Crippen molar-refractivity contribution in [2.75, 3.05) is 6.54 Å². The minimum atomic E-state index is -5.19. The number of aromatic amines is 1. The molecule has 2 aromatic rings. The van der Waals surface area contributed by atoms with Gasteiger partial charge < -0.3 is 41.3 Å². The summed E-state index contributed by atoms with van der Waals surface area (Å²) in [5, 5.41) is 25.3. The number of Topliss-reactive ketones (excluding diaryl/α,β-unsaturated/α-hetero) is 1. The second-order valence-electron chi connectivity index (χ2n) is 12.9. The average Bonchev–Trinajstić information content (AvgIpc) is 3.51. The van der Waals surface area contributed by atoms with Crippen LogP contribution in [0.4, 0.5) is 13.2 Å². The van der Waals surface area contributed by atoms with E-state index in [2.05, 4.69) is 21.4 Å². The number of hydrogen-bond donors (Lipinski definition) is 5. The zero-order valence-electron chi connectivity index (χ0n) is 29.4. The minimum absolute atomic E-state index is 0.191. The normalized spacial score (nSPS) is 16.9. The molecule has 1 aromatic heterocycles. The second kappa shape index (κ2) is 20.4. The van der Waals surface area contributed by atoms with Crippen molar-refractivity contribution in [2.45, 2.75) is 122 Å². The van der Waals surface area contributed by atoms with E-state index < -0.39 is 54.1 Å². The van der Waals surface area contributed by atoms with E-state index in [1.807, 2.05) is 51.2 Å². The van der Waals surface area contributed by atoms with Crippen molar-refractivity contribution in [3.05, 3.63) is 36.0 Å². The molecule has 2 heterocycles. The summed E-state index contributed by atoms with van der Waals surface area (Å²) in [6, 6.07) is 4.26. The molecule has 0 aliphatic carbocycles. The number of nitrogens with zero attached hydrogens (tertiary/aromatic N) is 1. The van der Waals surface area contributed by atoms with Crippen LogP contribution in [0, 0.1) is 5.92 Å². The number of alkyl halides is 3. The Bertz CT molecular complexity index is 1500. The lowest BCUT2D eigenvalue weighted by Gasteiger charge is -2.37. The molecule has 7 N–H and O–H groups in total. The van der Waals surface area contributed by atoms with Crippen molar-refractivity contribution in [1.82, 2.24) is 20.5 Å². The van der Waals surface area contributed by atoms with Gasteiger partial charge >= 0.3 is 12.1 Å². The van der Waals surface area contributed by atoms with Gasteiger partial charge in [-0.1, -0.05) is 51.8 Å². The number of carboxylic acid groups (broad SMARTS) is 2. The van der Waals surface area contributed by atoms with Gasteiger partial charge in [0, 0.05) is 49.3 Å². The first kappa shape index (κ1) is 42.7. The molecule has 0 bridgehead atoms. The number of nitrogens with one attached hydrogen (secondary N) is 3. The Morgan fingerprint density at radius 1 is 1.04 bits per heavy atom. The number of rotatable bonds is 17. The Balaban J connectivity index is 0.00000116. The molecule has 0 unspecified atom stereocenters. The van der Waals surface area contributed by atoms with Crippen LogP contribution in [0.25, 0.3) is 10.9 Å². The van der Waals surface area contributed by atoms with Crippen LogP contribution < -0.4 is 21.5 Å². The second-order valence-corrected chi connectivity index (χ2v) is 12.9. The Hall–Kier alpha value is -4.47. The van der Waals surface area contributed by atoms with Crippen molar-refractivity contribution in [2.24, 2.45) is 5.92 Å². The van der Waals surface area contributed by atoms with E-state index in [0.29, 0.717) is 45.1 Å². The third-order valence-electron chi connectivity index (χ3n) is 9.08. The van der Waals surface area contributed by atoms with Gasteiger partial charge in [-0.25, -0.2) is 4.79 Å². The maximum Gasteiger partial charge on any atom is 0.430 e. The SMILES string of the molecule is CCC(=O)CCCCC[C@H]([NH3+])C(=O)N[C@@H](Cc1c[nH]c2ccccc12)C(=O)N[C@H](C(=O)N1CCCC[C@@H]1C(=O)O)[C@@H](C)CC.O=C([O-])C(F)(F)F. The molecule has 1 saturated heterocycles. The lowest BCUT2D eigenvalue weighted by Crippen LogP contribution is -2.69. The average molecular weight is 726 g/mol. The van der Waals surface area contributed by atoms with Crippen LogP contribution in [0.2, 0.25) is 0 Å². The van der Waals surface area contributed by atoms with Crippen molar-refractivity contribution in [1.29, 1.82) is 0 Å². The number of para-hydroxylation sites is 1. The Kier molecular flexibility index (Phi) is 17.1. The highest BCUT2D eigenvalue weighted by atomic mass is 19.4. The van der Waals surface area contributed by atoms with Gasteiger partial charge in [-0.3, -0.25) is 19.2 Å². The molecular formula is C35H50F3N5O8. The van der Waals surface area contributed by atoms with Crippen LogP contribution in [0.15, 0.2) is 30.5 Å². The Morgan fingerprint density at radius 3 is 2.31 bits per heavy atom. The van der Waals surface area contributed by atoms with E-state index in [4.69, 9.17) is 9.90 Å². The van der Waals surface area contributed by atoms with Crippen LogP contribution in [0.1, 0.15) is 90.5 Å². The number of carbonyl (C=O) groups is 6. The standard InChI is InChI=1S/C33H49N5O6.C2HF3O2/c1-4-21(3)29(32(42)38-18-12-11-17-28(38)33(43)44)37-31(41)27(19-22-20-35-26-16-10-9-14-24(22)26)36-30(40)25(34)15-8-6-7-13-23(39)5-2;3-2(4,5)1(6)7/h9-10,14,16,20-21,25,27-29,35H,4-8,11-13,15,17-19,34H2,1-3H3,(H,36,40)(H,37,41)(H,43,44);(H,6,7)/t21-,25-,27-,28+,29-;/m0./s1. The predicted molar refractivity (Wildman–Crippen MR) is 178 cm³/mol. The Labute approximate surface area is 294 Å². The number of carbonyl (C=O) groups excluding carboxylic acids is 5. The lowest BCUT2D eigenvalue weighted by molar-refractivity contribution is -0.405. The first-order valence-electron chi connectivity index (χ1n) is 17.3. The highest BCUT2D eigenvalue weighted by Crippen LogP contribution is 2.23. The van der Waals surface area contributed by atoms with E-state index in [1.165, 1.54) is 4.90 Å². The molecule has 3 amide bonds. The number of piperidine rings is 1. The molecular weight excluding hydrogens is 675 g/mol. The van der Waals surface area contributed by atoms with Crippen molar-refractivity contribution in [3.8, 4) is 0 Å². The minimum Gasteiger partial charge on any atom is -0.542 e. The van der Waals surface area contributed by atoms with Crippen LogP contribution in [-0.4, -0.2) is 87.3 Å². The molecule has 3 rings (SSSR count). The molecule has 51 heavy (non-hydrogen) atoms. The van der Waals surface area contributed by atoms with Crippen LogP contribution in [-0.2, 0) is 35.2 Å². The molecule has 5 atom stereocenters. The molecule has 284 valence electrons. The van der Waals surface area contributed by atoms with Gasteiger partial charge in [-0.2, -0.15) is 13.2 Å². The fourth-order valence-electron chi connectivity index (χ4n) is 5.78. The Morgan fingerprint density at radius 2 is 1.71 bits per heavy atom. The van der Waals surface area contributed by atoms with E-state index in [-0.39, 0.29) is 24.0 Å². The number of likely N-dealkylation sites (tertiary alicyclic amines) is 1. The molecule has 13 nitrogen and oxygen atoms in total. The molecule has 0 spiro atoms. The van der Waals surface area contributed by atoms with Gasteiger partial charge in [0.05, 0.1) is 0 Å². The van der Waals surface area contributed by atoms with Crippen molar-refractivity contribution < 1.29 is 57.9 Å². The smallest absolute Gasteiger partial charge is 0.430 e. The fraction of sp³-hybridized carbons (Fsp3) is 0.600. The number of benzene rings is 1. The lowest BCUT2D eigenvalue weighted by atomic mass is 9.94. The number of quaternary nitrogens is 1. The largest absolute Gasteiger partial charge is 0.542 e. The van der Waals surface area contributed by atoms with Gasteiger partial charge in [0.2, 0.25) is 11.8 Å². The number of amides is 3. The number of ketones is 1. The molecule has 0 radical (unpaired) electrons. The predicted octanol–water partition coefficient (Wildman–Crippen LogP) is 2.03. The summed E-state index contributed by atoms with van der Waals surface area (Å²) in [6.07, 6.45) is 3.13. The highest BCUT2D eigenvalue weighted by Gasteiger charge is 2.39. The van der Waals surface area contributed by atoms with Crippen molar-refractivity contribution in [3.63, 3.8) is 0 Å². The number of unbranched alkanes of at least 4 members (excludes halogenated alkanes) is 2. The zero-order valence-corrected chi connectivity index (χ0v) is 29.4. The molecule has 1 aromatic carbocycles. The molecule has 0 saturated carbocycles. The summed E-state index contributed by atoms with van der Waals surface area (Å²) in [7, 11) is 0. The number of aliphatic carboxylic acids is 2. The number of halogens is 3. The highest BCUT2D eigenvalue weighted by molar-refractivity contribution is 5.95. The van der Waals surface area contributed by atoms with E-state index in [9.17, 15) is 42.3 Å². The van der Waals surface area contributed by atoms with Gasteiger partial charge in [-0.15, -0.1) is 0 Å². The van der Waals surface area contributed by atoms with Crippen LogP contribution >= 0.6 is 0 Å². The van der Waals surface area contributed by atoms with Crippen LogP contribution in [0.5, 0.6) is 0 Å². The molecule has 1 aliphatic rings. The first-order valence-corrected chi connectivity index (χ1v) is 17.3. The summed E-state index contributed by atoms with van der Waals surface area (Å²) >= 11 is 0.